The molecule has 6 nitrogen and oxygen atoms in total. The van der Waals surface area contributed by atoms with Gasteiger partial charge in [0.05, 0.1) is 46.4 Å². The van der Waals surface area contributed by atoms with Gasteiger partial charge in [-0.1, -0.05) is 60.1 Å². The largest absolute Gasteiger partial charge is 0.495 e. The van der Waals surface area contributed by atoms with Gasteiger partial charge >= 0.3 is 21.1 Å². The monoisotopic (exact) mass is 753 g/mol. The molecule has 276 valence electrons. The number of benzene rings is 2. The molecule has 0 amide bonds. The Bertz CT molecular complexity index is 1370. The molecule has 2 aromatic carbocycles. The van der Waals surface area contributed by atoms with E-state index >= 15 is 0 Å². The fourth-order valence-electron chi connectivity index (χ4n) is 5.84. The highest BCUT2D eigenvalue weighted by molar-refractivity contribution is 9.10. The van der Waals surface area contributed by atoms with E-state index in [9.17, 15) is 0 Å². The molecule has 3 aliphatic rings. The molecular formula is C40H65B3BrO6+. The Morgan fingerprint density at radius 2 is 0.920 bits per heavy atom. The van der Waals surface area contributed by atoms with Gasteiger partial charge in [-0.3, -0.25) is 0 Å². The summed E-state index contributed by atoms with van der Waals surface area (Å²) in [6.07, 6.45) is 2.16. The minimum Gasteiger partial charge on any atom is -0.405 e. The van der Waals surface area contributed by atoms with Crippen LogP contribution in [-0.4, -0.2) is 54.7 Å². The maximum atomic E-state index is 6.17. The van der Waals surface area contributed by atoms with E-state index in [-0.39, 0.29) is 40.7 Å². The summed E-state index contributed by atoms with van der Waals surface area (Å²) < 4.78 is 37.4. The van der Waals surface area contributed by atoms with Gasteiger partial charge in [-0.2, -0.15) is 0 Å². The van der Waals surface area contributed by atoms with Crippen molar-refractivity contribution in [3.63, 3.8) is 0 Å². The normalized spacial score (nSPS) is 22.9. The summed E-state index contributed by atoms with van der Waals surface area (Å²) in [5, 5.41) is 0. The standard InChI is InChI=1S/C17H27BO2.C12H24B2O4.C11H14Br/c1-12(2)11-14-9-8-10-15(13(14)3)18-19-16(4,5)17(6,7)20-18;1-9(2)10(3,4)16-13(15-9)14-17-11(5,6)12(7,8)18-14;1-8(2)7-10-5-4-6-11(12)9(10)3/h8-10,12H,11H2,1-7H3;1-8H3;4-6,8H,1,7H2,2-3H3/q;;+1. The van der Waals surface area contributed by atoms with Crippen molar-refractivity contribution < 1.29 is 27.9 Å². The van der Waals surface area contributed by atoms with Crippen LogP contribution in [0.5, 0.6) is 0 Å². The van der Waals surface area contributed by atoms with Crippen molar-refractivity contribution in [2.45, 2.75) is 164 Å². The lowest BCUT2D eigenvalue weighted by molar-refractivity contribution is 0.00578. The van der Waals surface area contributed by atoms with Gasteiger partial charge in [-0.25, -0.2) is 0 Å². The highest BCUT2D eigenvalue weighted by Crippen LogP contribution is 2.43. The zero-order valence-corrected chi connectivity index (χ0v) is 35.9. The van der Waals surface area contributed by atoms with Crippen molar-refractivity contribution in [1.29, 1.82) is 0 Å². The molecule has 0 aromatic heterocycles. The third kappa shape index (κ3) is 9.83. The van der Waals surface area contributed by atoms with Crippen LogP contribution in [0, 0.1) is 32.6 Å². The van der Waals surface area contributed by atoms with Gasteiger partial charge in [0.2, 0.25) is 0 Å². The van der Waals surface area contributed by atoms with Crippen LogP contribution in [0.3, 0.4) is 0 Å². The number of rotatable bonds is 6. The summed E-state index contributed by atoms with van der Waals surface area (Å²) in [5.41, 5.74) is 4.61. The van der Waals surface area contributed by atoms with Gasteiger partial charge in [-0.05, 0) is 150 Å². The van der Waals surface area contributed by atoms with Gasteiger partial charge in [0.1, 0.15) is 0 Å². The second kappa shape index (κ2) is 15.6. The van der Waals surface area contributed by atoms with Crippen molar-refractivity contribution in [3.8, 4) is 0 Å². The molecule has 3 aliphatic heterocycles. The smallest absolute Gasteiger partial charge is 0.405 e. The number of halogens is 1. The van der Waals surface area contributed by atoms with E-state index in [2.05, 4.69) is 122 Å². The van der Waals surface area contributed by atoms with E-state index in [1.54, 1.807) is 0 Å². The quantitative estimate of drug-likeness (QED) is 0.217. The maximum Gasteiger partial charge on any atom is 0.495 e. The maximum absolute atomic E-state index is 6.17. The van der Waals surface area contributed by atoms with E-state index in [1.165, 1.54) is 32.2 Å². The summed E-state index contributed by atoms with van der Waals surface area (Å²) in [4.78, 5) is 0. The van der Waals surface area contributed by atoms with Gasteiger partial charge in [-0.15, -0.1) is 0 Å². The third-order valence-corrected chi connectivity index (χ3v) is 12.2. The Kier molecular flexibility index (Phi) is 13.5. The Hall–Kier alpha value is -1.26. The predicted molar refractivity (Wildman–Crippen MR) is 215 cm³/mol. The molecule has 0 bridgehead atoms. The van der Waals surface area contributed by atoms with Crippen LogP contribution in [0.4, 0.5) is 0 Å². The fourth-order valence-corrected chi connectivity index (χ4v) is 6.25. The van der Waals surface area contributed by atoms with Gasteiger partial charge in [0, 0.05) is 10.9 Å². The van der Waals surface area contributed by atoms with Crippen LogP contribution in [0.15, 0.2) is 40.9 Å². The molecule has 50 heavy (non-hydrogen) atoms. The minimum atomic E-state index is -0.476. The van der Waals surface area contributed by atoms with E-state index in [1.807, 2.05) is 55.4 Å². The Balaban J connectivity index is 0.000000209. The average Bonchev–Trinajstić information content (AvgIpc) is 3.41. The molecule has 0 N–H and O–H groups in total. The van der Waals surface area contributed by atoms with E-state index in [0.717, 1.165) is 12.8 Å². The Labute approximate surface area is 315 Å². The minimum absolute atomic E-state index is 0.257. The first-order chi connectivity index (χ1) is 22.6. The molecule has 3 fully saturated rings. The molecule has 3 heterocycles. The lowest BCUT2D eigenvalue weighted by Gasteiger charge is -2.32. The van der Waals surface area contributed by atoms with Crippen molar-refractivity contribution in [1.82, 2.24) is 0 Å². The van der Waals surface area contributed by atoms with Crippen molar-refractivity contribution in [2.24, 2.45) is 11.8 Å². The summed E-state index contributed by atoms with van der Waals surface area (Å²) in [5.74, 6) is 1.14. The molecule has 1 atom stereocenters. The second-order valence-electron chi connectivity index (χ2n) is 17.9. The van der Waals surface area contributed by atoms with E-state index in [4.69, 9.17) is 27.9 Å². The van der Waals surface area contributed by atoms with Crippen LogP contribution < -0.4 is 5.46 Å². The van der Waals surface area contributed by atoms with Crippen LogP contribution >= 0.6 is 15.9 Å². The second-order valence-corrected chi connectivity index (χ2v) is 18.8. The van der Waals surface area contributed by atoms with Gasteiger partial charge in [0.25, 0.3) is 0 Å². The molecular weight excluding hydrogens is 689 g/mol. The van der Waals surface area contributed by atoms with Crippen molar-refractivity contribution >= 4 is 42.5 Å². The van der Waals surface area contributed by atoms with Gasteiger partial charge < -0.3 is 27.9 Å². The Morgan fingerprint density at radius 3 is 1.30 bits per heavy atom. The van der Waals surface area contributed by atoms with E-state index in [0.29, 0.717) is 11.8 Å². The summed E-state index contributed by atoms with van der Waals surface area (Å²) in [7, 11) is -1.21. The van der Waals surface area contributed by atoms with Crippen LogP contribution in [0.25, 0.3) is 0 Å². The Morgan fingerprint density at radius 1 is 0.560 bits per heavy atom. The molecule has 0 saturated carbocycles. The molecule has 10 heteroatoms. The zero-order valence-electron chi connectivity index (χ0n) is 34.3. The first kappa shape index (κ1) is 43.2. The topological polar surface area (TPSA) is 55.4 Å². The summed E-state index contributed by atoms with van der Waals surface area (Å²) in [6.45, 7) is 39.5. The summed E-state index contributed by atoms with van der Waals surface area (Å²) in [6, 6.07) is 12.8. The molecule has 0 spiro atoms. The van der Waals surface area contributed by atoms with Gasteiger partial charge in [0.15, 0.2) is 0 Å². The van der Waals surface area contributed by atoms with Crippen LogP contribution in [-0.2, 0) is 40.8 Å². The molecule has 2 aromatic rings. The molecule has 1 unspecified atom stereocenters. The van der Waals surface area contributed by atoms with E-state index < -0.39 is 14.0 Å². The summed E-state index contributed by atoms with van der Waals surface area (Å²) >= 11 is 3.52. The first-order valence-corrected chi connectivity index (χ1v) is 19.1. The highest BCUT2D eigenvalue weighted by atomic mass is 79.9. The lowest BCUT2D eigenvalue weighted by Crippen LogP contribution is -2.41. The number of hydrogen-bond acceptors (Lipinski definition) is 6. The van der Waals surface area contributed by atoms with Crippen molar-refractivity contribution in [2.75, 3.05) is 0 Å². The first-order valence-electron chi connectivity index (χ1n) is 18.4. The average molecular weight is 754 g/mol. The van der Waals surface area contributed by atoms with Crippen LogP contribution in [0.2, 0.25) is 0 Å². The highest BCUT2D eigenvalue weighted by Gasteiger charge is 2.63. The zero-order chi connectivity index (χ0) is 38.3. The fraction of sp³-hybridized carbons (Fsp3) is 0.675. The molecule has 0 aliphatic carbocycles. The predicted octanol–water partition coefficient (Wildman–Crippen LogP) is 9.51. The SMILES string of the molecule is CC1(C)OB(B2OC(C)(C)C(C)(C)O2)OC1(C)C.Cc1c(CC(C)C)cccc1B1OC(C)(C)C(C)(C)O1.[CH2+]C(C)Cc1cccc(Br)c1C. The molecule has 5 rings (SSSR count). The lowest BCUT2D eigenvalue weighted by atomic mass is 9.49. The third-order valence-electron chi connectivity index (χ3n) is 11.3. The number of hydrogen-bond donors (Lipinski definition) is 0. The van der Waals surface area contributed by atoms with Crippen molar-refractivity contribution in [3.05, 3.63) is 70.0 Å². The molecule has 0 radical (unpaired) electrons. The van der Waals surface area contributed by atoms with Crippen LogP contribution in [0.1, 0.15) is 126 Å². The molecule has 3 saturated heterocycles.